The number of nitrogens with zero attached hydrogens (tertiary/aromatic N) is 3. The molecule has 3 nitrogen and oxygen atoms in total. The van der Waals surface area contributed by atoms with Crippen molar-refractivity contribution in [3.05, 3.63) is 188 Å². The number of hydrogen-bond donors (Lipinski definition) is 0. The molecule has 0 bridgehead atoms. The molecule has 0 fully saturated rings. The molecule has 0 aliphatic rings. The summed E-state index contributed by atoms with van der Waals surface area (Å²) >= 11 is 3.81. The second kappa shape index (κ2) is 12.7. The zero-order valence-electron chi connectivity index (χ0n) is 31.6. The highest BCUT2D eigenvalue weighted by Gasteiger charge is 2.25. The molecule has 274 valence electrons. The molecule has 0 aliphatic heterocycles. The maximum absolute atomic E-state index is 5.27. The number of rotatable bonds is 4. The third-order valence-electron chi connectivity index (χ3n) is 12.0. The van der Waals surface area contributed by atoms with Gasteiger partial charge in [0.25, 0.3) is 0 Å². The summed E-state index contributed by atoms with van der Waals surface area (Å²) in [5.74, 6) is 0.708. The first kappa shape index (κ1) is 32.9. The molecule has 0 aliphatic carbocycles. The van der Waals surface area contributed by atoms with E-state index in [1.807, 2.05) is 34.8 Å². The Labute approximate surface area is 346 Å². The Hall–Kier alpha value is -7.18. The van der Waals surface area contributed by atoms with E-state index < -0.39 is 0 Å². The molecule has 0 atom stereocenters. The smallest absolute Gasteiger partial charge is 0.161 e. The Morgan fingerprint density at radius 3 is 1.66 bits per heavy atom. The summed E-state index contributed by atoms with van der Waals surface area (Å²) in [6.45, 7) is 0. The lowest BCUT2D eigenvalue weighted by Crippen LogP contribution is -1.99. The van der Waals surface area contributed by atoms with Crippen LogP contribution >= 0.6 is 22.7 Å². The first-order valence-electron chi connectivity index (χ1n) is 19.9. The van der Waals surface area contributed by atoms with Gasteiger partial charge in [0.2, 0.25) is 0 Å². The van der Waals surface area contributed by atoms with E-state index in [-0.39, 0.29) is 0 Å². The van der Waals surface area contributed by atoms with Gasteiger partial charge in [-0.15, -0.1) is 22.7 Å². The fourth-order valence-corrected chi connectivity index (χ4v) is 11.8. The fraction of sp³-hybridized carbons (Fsp3) is 0. The number of hydrogen-bond acceptors (Lipinski definition) is 4. The van der Waals surface area contributed by atoms with Crippen LogP contribution in [0, 0.1) is 0 Å². The second-order valence-corrected chi connectivity index (χ2v) is 17.3. The SMILES string of the molecule is c1ccc(-c2cc(-c3ccccc3)nc(-c3ccc(-n4c5ccccc5c5c6ccc7sc8ccccc8c7c6c6c7ccccc7sc6c54)c4ccccc34)n2)cc1. The molecule has 0 amide bonds. The number of thiophene rings is 2. The number of fused-ring (bicyclic) bond motifs is 15. The molecule has 0 saturated carbocycles. The summed E-state index contributed by atoms with van der Waals surface area (Å²) in [5.41, 5.74) is 8.50. The van der Waals surface area contributed by atoms with Gasteiger partial charge < -0.3 is 4.57 Å². The van der Waals surface area contributed by atoms with Crippen LogP contribution in [0.2, 0.25) is 0 Å². The summed E-state index contributed by atoms with van der Waals surface area (Å²) in [5, 5.41) is 12.8. The van der Waals surface area contributed by atoms with Gasteiger partial charge in [-0.3, -0.25) is 0 Å². The van der Waals surface area contributed by atoms with Crippen molar-refractivity contribution >= 4 is 106 Å². The van der Waals surface area contributed by atoms with E-state index >= 15 is 0 Å². The quantitative estimate of drug-likeness (QED) is 0.178. The summed E-state index contributed by atoms with van der Waals surface area (Å²) < 4.78 is 7.81. The lowest BCUT2D eigenvalue weighted by molar-refractivity contribution is 1.18. The fourth-order valence-electron chi connectivity index (χ4n) is 9.48. The van der Waals surface area contributed by atoms with Crippen LogP contribution in [0.25, 0.3) is 123 Å². The van der Waals surface area contributed by atoms with Crippen LogP contribution in [0.5, 0.6) is 0 Å². The minimum absolute atomic E-state index is 0.708. The average Bonchev–Trinajstić information content (AvgIpc) is 3.99. The van der Waals surface area contributed by atoms with Gasteiger partial charge >= 0.3 is 0 Å². The maximum atomic E-state index is 5.27. The summed E-state index contributed by atoms with van der Waals surface area (Å²) in [6, 6.07) is 67.8. The predicted molar refractivity (Wildman–Crippen MR) is 253 cm³/mol. The molecule has 0 radical (unpaired) electrons. The molecule has 0 spiro atoms. The number of aromatic nitrogens is 3. The summed E-state index contributed by atoms with van der Waals surface area (Å²) in [4.78, 5) is 10.5. The monoisotopic (exact) mass is 785 g/mol. The van der Waals surface area contributed by atoms with Gasteiger partial charge in [0, 0.05) is 73.9 Å². The Morgan fingerprint density at radius 2 is 0.949 bits per heavy atom. The van der Waals surface area contributed by atoms with Crippen molar-refractivity contribution in [1.29, 1.82) is 0 Å². The molecule has 4 heterocycles. The average molecular weight is 786 g/mol. The lowest BCUT2D eigenvalue weighted by atomic mass is 9.95. The molecule has 5 heteroatoms. The standard InChI is InChI=1S/C54H31N3S2/c1-3-15-32(16-4-1)41-31-42(33-17-5-2-6-18-33)56-54(55-41)36-27-29-44(35-20-8-7-19-34(35)36)57-43-24-12-9-21-37(43)48-40-28-30-47-49(38-22-10-13-25-45(38)58-47)50(40)51-39-23-11-14-26-46(39)59-53(51)52(48)57/h1-31H. The van der Waals surface area contributed by atoms with Gasteiger partial charge in [-0.1, -0.05) is 146 Å². The van der Waals surface area contributed by atoms with Gasteiger partial charge in [-0.05, 0) is 53.2 Å². The Kier molecular flexibility index (Phi) is 7.05. The molecule has 13 aromatic rings. The van der Waals surface area contributed by atoms with E-state index in [0.29, 0.717) is 5.82 Å². The molecule has 0 unspecified atom stereocenters. The van der Waals surface area contributed by atoms with Gasteiger partial charge in [0.05, 0.1) is 32.8 Å². The predicted octanol–water partition coefficient (Wildman–Crippen LogP) is 15.6. The number of benzene rings is 9. The Balaban J connectivity index is 1.15. The molecule has 4 aromatic heterocycles. The molecule has 0 saturated heterocycles. The maximum Gasteiger partial charge on any atom is 0.161 e. The molecular formula is C54H31N3S2. The van der Waals surface area contributed by atoms with Crippen molar-refractivity contribution in [1.82, 2.24) is 14.5 Å². The summed E-state index contributed by atoms with van der Waals surface area (Å²) in [6.07, 6.45) is 0. The zero-order chi connectivity index (χ0) is 38.6. The third kappa shape index (κ3) is 4.80. The topological polar surface area (TPSA) is 30.7 Å². The van der Waals surface area contributed by atoms with Gasteiger partial charge in [0.1, 0.15) is 0 Å². The van der Waals surface area contributed by atoms with E-state index in [2.05, 4.69) is 180 Å². The van der Waals surface area contributed by atoms with Crippen LogP contribution in [-0.4, -0.2) is 14.5 Å². The van der Waals surface area contributed by atoms with Crippen molar-refractivity contribution in [2.24, 2.45) is 0 Å². The summed E-state index contributed by atoms with van der Waals surface area (Å²) in [7, 11) is 0. The Morgan fingerprint density at radius 1 is 0.373 bits per heavy atom. The van der Waals surface area contributed by atoms with Crippen LogP contribution in [-0.2, 0) is 0 Å². The van der Waals surface area contributed by atoms with Crippen molar-refractivity contribution in [2.75, 3.05) is 0 Å². The molecule has 59 heavy (non-hydrogen) atoms. The van der Waals surface area contributed by atoms with Crippen LogP contribution in [0.3, 0.4) is 0 Å². The molecule has 9 aromatic carbocycles. The molecule has 13 rings (SSSR count). The van der Waals surface area contributed by atoms with Crippen LogP contribution in [0.15, 0.2) is 188 Å². The highest BCUT2D eigenvalue weighted by molar-refractivity contribution is 7.27. The van der Waals surface area contributed by atoms with Gasteiger partial charge in [-0.25, -0.2) is 9.97 Å². The van der Waals surface area contributed by atoms with Crippen molar-refractivity contribution in [3.63, 3.8) is 0 Å². The van der Waals surface area contributed by atoms with Crippen LogP contribution < -0.4 is 0 Å². The highest BCUT2D eigenvalue weighted by atomic mass is 32.1. The minimum atomic E-state index is 0.708. The third-order valence-corrected chi connectivity index (χ3v) is 14.3. The first-order valence-corrected chi connectivity index (χ1v) is 21.5. The van der Waals surface area contributed by atoms with Crippen LogP contribution in [0.1, 0.15) is 0 Å². The van der Waals surface area contributed by atoms with Crippen molar-refractivity contribution < 1.29 is 0 Å². The second-order valence-electron chi connectivity index (χ2n) is 15.2. The van der Waals surface area contributed by atoms with E-state index in [1.54, 1.807) is 0 Å². The van der Waals surface area contributed by atoms with Crippen molar-refractivity contribution in [2.45, 2.75) is 0 Å². The number of para-hydroxylation sites is 1. The Bertz CT molecular complexity index is 3780. The van der Waals surface area contributed by atoms with E-state index in [0.717, 1.165) is 44.5 Å². The van der Waals surface area contributed by atoms with Crippen molar-refractivity contribution in [3.8, 4) is 39.6 Å². The van der Waals surface area contributed by atoms with Crippen LogP contribution in [0.4, 0.5) is 0 Å². The molecule has 0 N–H and O–H groups in total. The molecular weight excluding hydrogens is 755 g/mol. The largest absolute Gasteiger partial charge is 0.307 e. The van der Waals surface area contributed by atoms with Gasteiger partial charge in [0.15, 0.2) is 5.82 Å². The zero-order valence-corrected chi connectivity index (χ0v) is 33.2. The highest BCUT2D eigenvalue weighted by Crippen LogP contribution is 2.52. The lowest BCUT2D eigenvalue weighted by Gasteiger charge is -2.16. The van der Waals surface area contributed by atoms with Gasteiger partial charge in [-0.2, -0.15) is 0 Å². The first-order chi connectivity index (χ1) is 29.3. The normalized spacial score (nSPS) is 12.1. The van der Waals surface area contributed by atoms with E-state index in [9.17, 15) is 0 Å². The van der Waals surface area contributed by atoms with E-state index in [1.165, 1.54) is 72.9 Å². The minimum Gasteiger partial charge on any atom is -0.307 e. The van der Waals surface area contributed by atoms with E-state index in [4.69, 9.17) is 9.97 Å².